The Bertz CT molecular complexity index is 1250. The molecule has 0 spiro atoms. The Morgan fingerprint density at radius 2 is 1.76 bits per heavy atom. The number of nitrogens with one attached hydrogen (secondary N) is 1. The second kappa shape index (κ2) is 13.6. The molecule has 1 fully saturated rings. The van der Waals surface area contributed by atoms with Gasteiger partial charge in [0.1, 0.15) is 11.5 Å². The highest BCUT2D eigenvalue weighted by Crippen LogP contribution is 2.27. The summed E-state index contributed by atoms with van der Waals surface area (Å²) >= 11 is 6.30. The smallest absolute Gasteiger partial charge is 0.268 e. The molecule has 0 saturated carbocycles. The summed E-state index contributed by atoms with van der Waals surface area (Å²) in [6.07, 6.45) is 3.42. The quantitative estimate of drug-likeness (QED) is 0.274. The molecule has 9 heteroatoms. The van der Waals surface area contributed by atoms with Crippen molar-refractivity contribution in [3.63, 3.8) is 0 Å². The molecule has 1 aromatic heterocycles. The summed E-state index contributed by atoms with van der Waals surface area (Å²) in [5, 5.41) is 3.74. The lowest BCUT2D eigenvalue weighted by atomic mass is 10.1. The molecular formula is C29H34ClN5O2S. The molecule has 1 saturated heterocycles. The SMILES string of the molecule is C=C(C(=O)NCCCCN1CCN(c2cccc(Cl)c2C)CC1)N(c1ccccn1)S(=O)c1ccccc1. The van der Waals surface area contributed by atoms with Crippen molar-refractivity contribution in [2.45, 2.75) is 24.7 Å². The molecule has 0 bridgehead atoms. The predicted octanol–water partition coefficient (Wildman–Crippen LogP) is 4.80. The minimum absolute atomic E-state index is 0.0957. The topological polar surface area (TPSA) is 68.8 Å². The number of unbranched alkanes of at least 4 members (excludes halogenated alkanes) is 1. The van der Waals surface area contributed by atoms with Crippen LogP contribution in [-0.2, 0) is 15.8 Å². The average Bonchev–Trinajstić information content (AvgIpc) is 2.95. The van der Waals surface area contributed by atoms with Crippen LogP contribution in [0.2, 0.25) is 5.02 Å². The average molecular weight is 552 g/mol. The predicted molar refractivity (Wildman–Crippen MR) is 156 cm³/mol. The van der Waals surface area contributed by atoms with Crippen molar-refractivity contribution in [1.29, 1.82) is 0 Å². The molecule has 200 valence electrons. The third kappa shape index (κ3) is 7.01. The molecule has 2 heterocycles. The molecule has 0 radical (unpaired) electrons. The number of anilines is 2. The Morgan fingerprint density at radius 1 is 1.03 bits per heavy atom. The fourth-order valence-electron chi connectivity index (χ4n) is 4.45. The number of pyridine rings is 1. The first-order valence-corrected chi connectivity index (χ1v) is 14.3. The van der Waals surface area contributed by atoms with Crippen molar-refractivity contribution in [2.75, 3.05) is 48.5 Å². The molecular weight excluding hydrogens is 518 g/mol. The second-order valence-corrected chi connectivity index (χ2v) is 10.9. The monoisotopic (exact) mass is 551 g/mol. The van der Waals surface area contributed by atoms with E-state index in [0.717, 1.165) is 56.2 Å². The maximum absolute atomic E-state index is 13.3. The zero-order valence-corrected chi connectivity index (χ0v) is 23.3. The molecule has 38 heavy (non-hydrogen) atoms. The summed E-state index contributed by atoms with van der Waals surface area (Å²) in [4.78, 5) is 22.7. The van der Waals surface area contributed by atoms with Gasteiger partial charge in [-0.3, -0.25) is 9.69 Å². The number of halogens is 1. The van der Waals surface area contributed by atoms with Gasteiger partial charge in [-0.2, -0.15) is 0 Å². The van der Waals surface area contributed by atoms with E-state index in [-0.39, 0.29) is 11.6 Å². The lowest BCUT2D eigenvalue weighted by molar-refractivity contribution is -0.117. The Hall–Kier alpha value is -3.20. The Kier molecular flexibility index (Phi) is 9.92. The third-order valence-corrected chi connectivity index (χ3v) is 8.44. The van der Waals surface area contributed by atoms with Gasteiger partial charge in [-0.1, -0.05) is 48.5 Å². The lowest BCUT2D eigenvalue weighted by Crippen LogP contribution is -2.47. The highest BCUT2D eigenvalue weighted by molar-refractivity contribution is 7.86. The molecule has 3 aromatic rings. The maximum Gasteiger partial charge on any atom is 0.268 e. The Labute approximate surface area is 232 Å². The summed E-state index contributed by atoms with van der Waals surface area (Å²) < 4.78 is 14.7. The first kappa shape index (κ1) is 27.8. The van der Waals surface area contributed by atoms with Crippen molar-refractivity contribution in [3.8, 4) is 0 Å². The van der Waals surface area contributed by atoms with Crippen LogP contribution in [0, 0.1) is 6.92 Å². The molecule has 1 atom stereocenters. The van der Waals surface area contributed by atoms with Crippen LogP contribution in [-0.4, -0.2) is 59.3 Å². The summed E-state index contributed by atoms with van der Waals surface area (Å²) in [5.74, 6) is 0.0485. The standard InChI is InChI=1S/C29H34ClN5O2S/c1-23-26(30)13-10-14-27(23)34-21-19-33(20-22-34)18-9-8-17-32-29(36)24(2)35(28-15-6-7-16-31-28)38(37)25-11-4-3-5-12-25/h3-7,10-16H,2,8-9,17-22H2,1H3,(H,32,36). The molecule has 1 amide bonds. The summed E-state index contributed by atoms with van der Waals surface area (Å²) in [6, 6.07) is 20.3. The lowest BCUT2D eigenvalue weighted by Gasteiger charge is -2.37. The summed E-state index contributed by atoms with van der Waals surface area (Å²) in [6.45, 7) is 11.5. The van der Waals surface area contributed by atoms with Crippen molar-refractivity contribution < 1.29 is 9.00 Å². The minimum atomic E-state index is -1.66. The van der Waals surface area contributed by atoms with Crippen molar-refractivity contribution in [1.82, 2.24) is 15.2 Å². The first-order valence-electron chi connectivity index (χ1n) is 12.8. The van der Waals surface area contributed by atoms with Crippen molar-refractivity contribution >= 4 is 40.0 Å². The van der Waals surface area contributed by atoms with E-state index >= 15 is 0 Å². The Morgan fingerprint density at radius 3 is 2.47 bits per heavy atom. The number of hydrogen-bond donors (Lipinski definition) is 1. The van der Waals surface area contributed by atoms with Gasteiger partial charge >= 0.3 is 0 Å². The normalized spacial score (nSPS) is 14.6. The molecule has 1 N–H and O–H groups in total. The molecule has 2 aromatic carbocycles. The highest BCUT2D eigenvalue weighted by Gasteiger charge is 2.25. The van der Waals surface area contributed by atoms with Crippen LogP contribution in [0.3, 0.4) is 0 Å². The van der Waals surface area contributed by atoms with E-state index in [0.29, 0.717) is 17.3 Å². The van der Waals surface area contributed by atoms with Gasteiger partial charge in [0.05, 0.1) is 4.90 Å². The zero-order chi connectivity index (χ0) is 26.9. The van der Waals surface area contributed by atoms with Crippen LogP contribution >= 0.6 is 11.6 Å². The van der Waals surface area contributed by atoms with Gasteiger partial charge in [0, 0.05) is 49.6 Å². The molecule has 7 nitrogen and oxygen atoms in total. The van der Waals surface area contributed by atoms with Crippen molar-refractivity contribution in [2.24, 2.45) is 0 Å². The third-order valence-electron chi connectivity index (χ3n) is 6.61. The molecule has 1 unspecified atom stereocenters. The van der Waals surface area contributed by atoms with E-state index < -0.39 is 11.0 Å². The number of carbonyl (C=O) groups is 1. The number of aromatic nitrogens is 1. The molecule has 1 aliphatic rings. The number of nitrogens with zero attached hydrogens (tertiary/aromatic N) is 4. The number of piperazine rings is 1. The fourth-order valence-corrected chi connectivity index (χ4v) is 5.78. The Balaban J connectivity index is 1.23. The van der Waals surface area contributed by atoms with E-state index in [1.165, 1.54) is 9.99 Å². The van der Waals surface area contributed by atoms with Crippen LogP contribution < -0.4 is 14.5 Å². The van der Waals surface area contributed by atoms with Gasteiger partial charge in [0.2, 0.25) is 0 Å². The van der Waals surface area contributed by atoms with Gasteiger partial charge in [-0.15, -0.1) is 0 Å². The van der Waals surface area contributed by atoms with E-state index in [2.05, 4.69) is 39.7 Å². The van der Waals surface area contributed by atoms with E-state index in [1.54, 1.807) is 36.5 Å². The fraction of sp³-hybridized carbons (Fsp3) is 0.310. The van der Waals surface area contributed by atoms with Gasteiger partial charge in [0.25, 0.3) is 5.91 Å². The summed E-state index contributed by atoms with van der Waals surface area (Å²) in [5.41, 5.74) is 2.44. The van der Waals surface area contributed by atoms with Gasteiger partial charge in [-0.25, -0.2) is 13.5 Å². The van der Waals surface area contributed by atoms with Gasteiger partial charge < -0.3 is 10.2 Å². The number of rotatable bonds is 11. The number of hydrogen-bond acceptors (Lipinski definition) is 5. The van der Waals surface area contributed by atoms with Crippen LogP contribution in [0.25, 0.3) is 0 Å². The second-order valence-electron chi connectivity index (χ2n) is 9.17. The number of amides is 1. The maximum atomic E-state index is 13.3. The van der Waals surface area contributed by atoms with E-state index in [9.17, 15) is 9.00 Å². The van der Waals surface area contributed by atoms with Crippen LogP contribution in [0.4, 0.5) is 11.5 Å². The first-order chi connectivity index (χ1) is 18.5. The zero-order valence-electron chi connectivity index (χ0n) is 21.7. The van der Waals surface area contributed by atoms with Crippen LogP contribution in [0.15, 0.2) is 90.1 Å². The minimum Gasteiger partial charge on any atom is -0.369 e. The van der Waals surface area contributed by atoms with Gasteiger partial charge in [0.15, 0.2) is 11.0 Å². The number of benzene rings is 2. The van der Waals surface area contributed by atoms with E-state index in [4.69, 9.17) is 11.6 Å². The molecule has 4 rings (SSSR count). The molecule has 0 aliphatic carbocycles. The van der Waals surface area contributed by atoms with Gasteiger partial charge in [-0.05, 0) is 68.3 Å². The number of carbonyl (C=O) groups excluding carboxylic acids is 1. The largest absolute Gasteiger partial charge is 0.369 e. The van der Waals surface area contributed by atoms with Crippen LogP contribution in [0.5, 0.6) is 0 Å². The van der Waals surface area contributed by atoms with E-state index in [1.807, 2.05) is 30.3 Å². The van der Waals surface area contributed by atoms with Crippen molar-refractivity contribution in [3.05, 3.63) is 95.8 Å². The molecule has 1 aliphatic heterocycles. The van der Waals surface area contributed by atoms with Crippen LogP contribution in [0.1, 0.15) is 18.4 Å². The summed E-state index contributed by atoms with van der Waals surface area (Å²) in [7, 11) is -1.66. The highest BCUT2D eigenvalue weighted by atomic mass is 35.5.